The van der Waals surface area contributed by atoms with E-state index < -0.39 is 16.1 Å². The lowest BCUT2D eigenvalue weighted by Crippen LogP contribution is -2.28. The first-order valence-corrected chi connectivity index (χ1v) is 8.31. The van der Waals surface area contributed by atoms with Crippen LogP contribution in [0.1, 0.15) is 17.0 Å². The molecular weight excluding hydrogens is 320 g/mol. The second kappa shape index (κ2) is 6.80. The third-order valence-corrected chi connectivity index (χ3v) is 4.66. The number of aromatic nitrogens is 1. The zero-order valence-electron chi connectivity index (χ0n) is 13.0. The van der Waals surface area contributed by atoms with Gasteiger partial charge in [0.25, 0.3) is 0 Å². The number of hydrogen-bond donors (Lipinski definition) is 3. The number of urea groups is 1. The Kier molecular flexibility index (Phi) is 5.02. The van der Waals surface area contributed by atoms with Crippen LogP contribution in [0.4, 0.5) is 10.5 Å². The molecule has 2 rings (SSSR count). The zero-order chi connectivity index (χ0) is 17.0. The van der Waals surface area contributed by atoms with Gasteiger partial charge in [0.15, 0.2) is 5.76 Å². The van der Waals surface area contributed by atoms with Crippen LogP contribution in [0, 0.1) is 13.8 Å². The maximum absolute atomic E-state index is 11.9. The summed E-state index contributed by atoms with van der Waals surface area (Å²) < 4.78 is 31.1. The van der Waals surface area contributed by atoms with Crippen LogP contribution < -0.4 is 15.4 Å². The Morgan fingerprint density at radius 3 is 2.61 bits per heavy atom. The molecule has 0 aliphatic heterocycles. The lowest BCUT2D eigenvalue weighted by Gasteiger charge is -2.10. The molecule has 0 aliphatic rings. The van der Waals surface area contributed by atoms with E-state index in [0.29, 0.717) is 17.0 Å². The summed E-state index contributed by atoms with van der Waals surface area (Å²) >= 11 is 0. The normalized spacial score (nSPS) is 11.3. The van der Waals surface area contributed by atoms with Crippen LogP contribution in [0.2, 0.25) is 0 Å². The Bertz CT molecular complexity index is 814. The lowest BCUT2D eigenvalue weighted by atomic mass is 10.2. The predicted molar refractivity (Wildman–Crippen MR) is 84.5 cm³/mol. The van der Waals surface area contributed by atoms with Crippen molar-refractivity contribution in [3.05, 3.63) is 41.3 Å². The Balaban J connectivity index is 2.05. The monoisotopic (exact) mass is 338 g/mol. The van der Waals surface area contributed by atoms with E-state index in [2.05, 4.69) is 20.5 Å². The second-order valence-corrected chi connectivity index (χ2v) is 6.79. The topological polar surface area (TPSA) is 113 Å². The van der Waals surface area contributed by atoms with Gasteiger partial charge in [-0.05, 0) is 38.6 Å². The molecule has 0 unspecified atom stereocenters. The van der Waals surface area contributed by atoms with E-state index in [4.69, 9.17) is 4.52 Å². The highest BCUT2D eigenvalue weighted by atomic mass is 32.2. The molecule has 0 fully saturated rings. The number of carbonyl (C=O) groups is 1. The van der Waals surface area contributed by atoms with E-state index in [1.165, 1.54) is 13.1 Å². The van der Waals surface area contributed by atoms with E-state index in [0.717, 1.165) is 5.69 Å². The molecule has 0 bridgehead atoms. The van der Waals surface area contributed by atoms with Crippen LogP contribution in [0.15, 0.2) is 33.7 Å². The summed E-state index contributed by atoms with van der Waals surface area (Å²) in [5.74, 6) is 0.528. The minimum Gasteiger partial charge on any atom is -0.359 e. The van der Waals surface area contributed by atoms with Crippen molar-refractivity contribution in [3.8, 4) is 0 Å². The van der Waals surface area contributed by atoms with E-state index >= 15 is 0 Å². The number of nitrogens with one attached hydrogen (secondary N) is 3. The Morgan fingerprint density at radius 1 is 1.26 bits per heavy atom. The smallest absolute Gasteiger partial charge is 0.319 e. The highest BCUT2D eigenvalue weighted by Crippen LogP contribution is 2.19. The van der Waals surface area contributed by atoms with Gasteiger partial charge in [-0.15, -0.1) is 0 Å². The molecule has 23 heavy (non-hydrogen) atoms. The molecule has 9 heteroatoms. The van der Waals surface area contributed by atoms with E-state index in [1.807, 2.05) is 0 Å². The first kappa shape index (κ1) is 17.0. The molecule has 0 saturated heterocycles. The van der Waals surface area contributed by atoms with Crippen LogP contribution in [0.5, 0.6) is 0 Å². The second-order valence-electron chi connectivity index (χ2n) is 4.93. The van der Waals surface area contributed by atoms with Crippen molar-refractivity contribution in [2.45, 2.75) is 25.3 Å². The highest BCUT2D eigenvalue weighted by Gasteiger charge is 2.15. The minimum absolute atomic E-state index is 0.114. The predicted octanol–water partition coefficient (Wildman–Crippen LogP) is 1.52. The standard InChI is InChI=1S/C14H18N4O4S/c1-9-4-5-11(7-13(9)23(20,21)15-3)17-14(19)16-8-12-6-10(2)18-22-12/h4-7,15H,8H2,1-3H3,(H2,16,17,19). The van der Waals surface area contributed by atoms with Gasteiger partial charge in [-0.2, -0.15) is 0 Å². The summed E-state index contributed by atoms with van der Waals surface area (Å²) in [6, 6.07) is 5.89. The average Bonchev–Trinajstić information content (AvgIpc) is 2.92. The fraction of sp³-hybridized carbons (Fsp3) is 0.286. The van der Waals surface area contributed by atoms with Gasteiger partial charge < -0.3 is 15.2 Å². The number of anilines is 1. The van der Waals surface area contributed by atoms with Crippen molar-refractivity contribution >= 4 is 21.7 Å². The first-order valence-electron chi connectivity index (χ1n) is 6.83. The summed E-state index contributed by atoms with van der Waals surface area (Å²) in [5.41, 5.74) is 1.68. The van der Waals surface area contributed by atoms with Crippen molar-refractivity contribution in [1.82, 2.24) is 15.2 Å². The first-order chi connectivity index (χ1) is 10.8. The molecule has 3 N–H and O–H groups in total. The molecule has 0 aliphatic carbocycles. The molecule has 1 heterocycles. The van der Waals surface area contributed by atoms with Crippen LogP contribution >= 0.6 is 0 Å². The number of amides is 2. The number of rotatable bonds is 5. The maximum Gasteiger partial charge on any atom is 0.319 e. The van der Waals surface area contributed by atoms with E-state index in [9.17, 15) is 13.2 Å². The molecule has 2 aromatic rings. The van der Waals surface area contributed by atoms with Crippen molar-refractivity contribution in [2.24, 2.45) is 0 Å². The van der Waals surface area contributed by atoms with Gasteiger partial charge >= 0.3 is 6.03 Å². The molecule has 1 aromatic carbocycles. The van der Waals surface area contributed by atoms with Crippen molar-refractivity contribution in [2.75, 3.05) is 12.4 Å². The Hall–Kier alpha value is -2.39. The maximum atomic E-state index is 11.9. The van der Waals surface area contributed by atoms with Gasteiger partial charge in [0.1, 0.15) is 0 Å². The number of sulfonamides is 1. The minimum atomic E-state index is -3.58. The summed E-state index contributed by atoms with van der Waals surface area (Å²) in [7, 11) is -2.25. The Morgan fingerprint density at radius 2 is 2.00 bits per heavy atom. The van der Waals surface area contributed by atoms with Crippen molar-refractivity contribution in [3.63, 3.8) is 0 Å². The van der Waals surface area contributed by atoms with Crippen LogP contribution in [-0.2, 0) is 16.6 Å². The Labute approximate surface area is 134 Å². The number of carbonyl (C=O) groups excluding carboxylic acids is 1. The van der Waals surface area contributed by atoms with E-state index in [-0.39, 0.29) is 11.4 Å². The highest BCUT2D eigenvalue weighted by molar-refractivity contribution is 7.89. The van der Waals surface area contributed by atoms with Crippen LogP contribution in [0.3, 0.4) is 0 Å². The zero-order valence-corrected chi connectivity index (χ0v) is 13.8. The van der Waals surface area contributed by atoms with Crippen LogP contribution in [0.25, 0.3) is 0 Å². The van der Waals surface area contributed by atoms with E-state index in [1.54, 1.807) is 32.0 Å². The largest absolute Gasteiger partial charge is 0.359 e. The third-order valence-electron chi connectivity index (χ3n) is 3.10. The molecule has 0 radical (unpaired) electrons. The summed E-state index contributed by atoms with van der Waals surface area (Å²) in [6.45, 7) is 3.64. The van der Waals surface area contributed by atoms with Gasteiger partial charge in [-0.25, -0.2) is 17.9 Å². The fourth-order valence-electron chi connectivity index (χ4n) is 1.92. The van der Waals surface area contributed by atoms with Gasteiger partial charge in [-0.3, -0.25) is 0 Å². The molecular formula is C14H18N4O4S. The number of hydrogen-bond acceptors (Lipinski definition) is 5. The SMILES string of the molecule is CNS(=O)(=O)c1cc(NC(=O)NCc2cc(C)no2)ccc1C. The number of benzene rings is 1. The molecule has 0 spiro atoms. The lowest BCUT2D eigenvalue weighted by molar-refractivity contribution is 0.250. The van der Waals surface area contributed by atoms with Gasteiger partial charge in [0.2, 0.25) is 10.0 Å². The fourth-order valence-corrected chi connectivity index (χ4v) is 2.91. The van der Waals surface area contributed by atoms with Gasteiger partial charge in [-0.1, -0.05) is 11.2 Å². The quantitative estimate of drug-likeness (QED) is 0.765. The molecule has 8 nitrogen and oxygen atoms in total. The molecule has 2 amide bonds. The van der Waals surface area contributed by atoms with Gasteiger partial charge in [0.05, 0.1) is 17.1 Å². The molecule has 0 saturated carbocycles. The summed E-state index contributed by atoms with van der Waals surface area (Å²) in [5, 5.41) is 8.89. The number of nitrogens with zero attached hydrogens (tertiary/aromatic N) is 1. The van der Waals surface area contributed by atoms with Crippen molar-refractivity contribution < 1.29 is 17.7 Å². The molecule has 0 atom stereocenters. The van der Waals surface area contributed by atoms with Gasteiger partial charge in [0, 0.05) is 11.8 Å². The third kappa shape index (κ3) is 4.30. The summed E-state index contributed by atoms with van der Waals surface area (Å²) in [4.78, 5) is 12.0. The van der Waals surface area contributed by atoms with Crippen LogP contribution in [-0.4, -0.2) is 26.7 Å². The number of aryl methyl sites for hydroxylation is 2. The molecule has 1 aromatic heterocycles. The molecule has 124 valence electrons. The van der Waals surface area contributed by atoms with Crippen molar-refractivity contribution in [1.29, 1.82) is 0 Å². The summed E-state index contributed by atoms with van der Waals surface area (Å²) in [6.07, 6.45) is 0. The average molecular weight is 338 g/mol.